The number of anilines is 3. The van der Waals surface area contributed by atoms with Crippen molar-refractivity contribution in [3.05, 3.63) is 47.7 Å². The van der Waals surface area contributed by atoms with Crippen LogP contribution in [-0.2, 0) is 0 Å². The fourth-order valence-corrected chi connectivity index (χ4v) is 8.91. The normalized spacial score (nSPS) is 24.3. The number of ether oxygens (including phenoxy) is 1. The number of rotatable bonds is 10. The summed E-state index contributed by atoms with van der Waals surface area (Å²) in [4.78, 5) is 35.3. The fourth-order valence-electron chi connectivity index (χ4n) is 8.91. The summed E-state index contributed by atoms with van der Waals surface area (Å²) < 4.78 is 7.74. The molecule has 5 aliphatic rings. The zero-order valence-corrected chi connectivity index (χ0v) is 29.5. The molecule has 264 valence electrons. The van der Waals surface area contributed by atoms with E-state index in [1.165, 1.54) is 58.4 Å². The van der Waals surface area contributed by atoms with Crippen LogP contribution in [0.1, 0.15) is 105 Å². The summed E-state index contributed by atoms with van der Waals surface area (Å²) in [6.45, 7) is 8.21. The second-order valence-electron chi connectivity index (χ2n) is 14.9. The number of piperazine rings is 1. The van der Waals surface area contributed by atoms with Crippen molar-refractivity contribution in [1.29, 1.82) is 5.26 Å². The maximum atomic E-state index is 13.4. The van der Waals surface area contributed by atoms with E-state index < -0.39 is 0 Å². The van der Waals surface area contributed by atoms with Gasteiger partial charge in [0.2, 0.25) is 5.95 Å². The molecule has 8 rings (SSSR count). The molecular formula is C38H50N10O2. The number of nitrogens with one attached hydrogen (secondary N) is 2. The van der Waals surface area contributed by atoms with Gasteiger partial charge in [0.05, 0.1) is 30.7 Å². The molecule has 0 radical (unpaired) electrons. The van der Waals surface area contributed by atoms with Gasteiger partial charge in [-0.2, -0.15) is 10.2 Å². The van der Waals surface area contributed by atoms with Crippen molar-refractivity contribution < 1.29 is 9.53 Å². The molecule has 3 aromatic rings. The third-order valence-corrected chi connectivity index (χ3v) is 11.8. The number of fused-ring (bicyclic) bond motifs is 3. The van der Waals surface area contributed by atoms with Gasteiger partial charge in [0.1, 0.15) is 23.8 Å². The Balaban J connectivity index is 0.928. The first-order valence-corrected chi connectivity index (χ1v) is 18.9. The molecular weight excluding hydrogens is 628 g/mol. The topological polar surface area (TPSA) is 127 Å². The third-order valence-electron chi connectivity index (χ3n) is 11.8. The molecule has 3 aliphatic carbocycles. The van der Waals surface area contributed by atoms with E-state index in [9.17, 15) is 10.1 Å². The molecule has 4 heterocycles. The van der Waals surface area contributed by atoms with Gasteiger partial charge in [-0.05, 0) is 81.9 Å². The van der Waals surface area contributed by atoms with Crippen LogP contribution in [0.25, 0.3) is 5.69 Å². The van der Waals surface area contributed by atoms with E-state index in [4.69, 9.17) is 9.72 Å². The first-order chi connectivity index (χ1) is 24.5. The van der Waals surface area contributed by atoms with Crippen molar-refractivity contribution >= 4 is 23.4 Å². The molecule has 0 spiro atoms. The number of aromatic nitrogens is 4. The molecule has 2 N–H and O–H groups in total. The van der Waals surface area contributed by atoms with Crippen LogP contribution in [0.5, 0.6) is 5.75 Å². The third kappa shape index (κ3) is 6.53. The number of hydrogen-bond acceptors (Lipinski definition) is 10. The van der Waals surface area contributed by atoms with Crippen molar-refractivity contribution in [3.63, 3.8) is 0 Å². The van der Waals surface area contributed by atoms with Gasteiger partial charge >= 0.3 is 0 Å². The Bertz CT molecular complexity index is 1730. The van der Waals surface area contributed by atoms with Crippen molar-refractivity contribution in [2.45, 2.75) is 102 Å². The Hall–Kier alpha value is -4.21. The second kappa shape index (κ2) is 14.2. The summed E-state index contributed by atoms with van der Waals surface area (Å²) in [7, 11) is 1.62. The molecule has 1 atom stereocenters. The van der Waals surface area contributed by atoms with Crippen LogP contribution in [-0.4, -0.2) is 93.2 Å². The van der Waals surface area contributed by atoms with E-state index in [1.807, 2.05) is 22.9 Å². The summed E-state index contributed by atoms with van der Waals surface area (Å²) >= 11 is 0. The Morgan fingerprint density at radius 1 is 1.00 bits per heavy atom. The van der Waals surface area contributed by atoms with Gasteiger partial charge in [-0.25, -0.2) is 9.97 Å². The van der Waals surface area contributed by atoms with Crippen LogP contribution >= 0.6 is 0 Å². The molecule has 4 fully saturated rings. The van der Waals surface area contributed by atoms with E-state index in [2.05, 4.69) is 48.3 Å². The molecule has 0 bridgehead atoms. The van der Waals surface area contributed by atoms with Gasteiger partial charge in [0, 0.05) is 56.4 Å². The minimum Gasteiger partial charge on any atom is -0.495 e. The van der Waals surface area contributed by atoms with E-state index in [0.717, 1.165) is 68.1 Å². The van der Waals surface area contributed by atoms with E-state index in [1.54, 1.807) is 19.5 Å². The average molecular weight is 679 g/mol. The van der Waals surface area contributed by atoms with Gasteiger partial charge in [0.25, 0.3) is 5.91 Å². The number of amides is 1. The van der Waals surface area contributed by atoms with Crippen molar-refractivity contribution in [1.82, 2.24) is 34.6 Å². The quantitative estimate of drug-likeness (QED) is 0.281. The van der Waals surface area contributed by atoms with Crippen molar-refractivity contribution in [3.8, 4) is 17.5 Å². The van der Waals surface area contributed by atoms with Crippen LogP contribution in [0.4, 0.5) is 17.5 Å². The fraction of sp³-hybridized carbons (Fsp3) is 0.605. The van der Waals surface area contributed by atoms with Crippen molar-refractivity contribution in [2.24, 2.45) is 5.92 Å². The Morgan fingerprint density at radius 3 is 2.48 bits per heavy atom. The lowest BCUT2D eigenvalue weighted by Gasteiger charge is -2.42. The highest BCUT2D eigenvalue weighted by molar-refractivity contribution is 5.95. The summed E-state index contributed by atoms with van der Waals surface area (Å²) in [5.74, 6) is 2.74. The summed E-state index contributed by atoms with van der Waals surface area (Å²) in [6, 6.07) is 8.96. The molecule has 1 aromatic carbocycles. The number of benzene rings is 1. The maximum Gasteiger partial charge on any atom is 0.251 e. The number of methoxy groups -OCH3 is 1. The van der Waals surface area contributed by atoms with Gasteiger partial charge < -0.3 is 25.2 Å². The molecule has 1 saturated heterocycles. The Kier molecular flexibility index (Phi) is 9.36. The van der Waals surface area contributed by atoms with Gasteiger partial charge in [-0.1, -0.05) is 19.8 Å². The number of nitriles is 1. The van der Waals surface area contributed by atoms with E-state index in [0.29, 0.717) is 40.7 Å². The Labute approximate surface area is 295 Å². The lowest BCUT2D eigenvalue weighted by atomic mass is 9.89. The van der Waals surface area contributed by atoms with Gasteiger partial charge in [0.15, 0.2) is 11.5 Å². The highest BCUT2D eigenvalue weighted by atomic mass is 16.5. The minimum absolute atomic E-state index is 0.000195. The lowest BCUT2D eigenvalue weighted by molar-refractivity contribution is 0.0694. The van der Waals surface area contributed by atoms with Crippen molar-refractivity contribution in [2.75, 3.05) is 50.1 Å². The first kappa shape index (κ1) is 33.0. The second-order valence-corrected chi connectivity index (χ2v) is 14.9. The predicted octanol–water partition coefficient (Wildman–Crippen LogP) is 5.57. The highest BCUT2D eigenvalue weighted by Gasteiger charge is 2.39. The largest absolute Gasteiger partial charge is 0.495 e. The number of nitrogens with zero attached hydrogens (tertiary/aromatic N) is 8. The maximum absolute atomic E-state index is 13.4. The average Bonchev–Trinajstić information content (AvgIpc) is 3.60. The highest BCUT2D eigenvalue weighted by Crippen LogP contribution is 2.44. The van der Waals surface area contributed by atoms with Crippen LogP contribution in [0.15, 0.2) is 30.7 Å². The molecule has 2 aliphatic heterocycles. The predicted molar refractivity (Wildman–Crippen MR) is 192 cm³/mol. The molecule has 0 unspecified atom stereocenters. The standard InChI is InChI=1S/C38H50N10O2/c1-3-32-35-31(21-39)41-24-47(35)33-22-40-38(44-36(33)48(32)29-6-4-5-7-29)43-30-15-10-26(20-34(30)50-2)37(49)42-27-11-13-28(14-12-27)46-18-16-45(17-19-46)23-25-8-9-25/h10,15,20,22,24-25,27-29,32H,3-9,11-14,16-19,23H2,1-2H3,(H,42,49)(H,40,43,44)/t27-,28-,32-/m1/s1. The monoisotopic (exact) mass is 678 g/mol. The first-order valence-electron chi connectivity index (χ1n) is 18.9. The van der Waals surface area contributed by atoms with Crippen LogP contribution in [0.3, 0.4) is 0 Å². The smallest absolute Gasteiger partial charge is 0.251 e. The van der Waals surface area contributed by atoms with Gasteiger partial charge in [-0.15, -0.1) is 0 Å². The SMILES string of the molecule is CC[C@@H]1c2c(C#N)ncn2-c2cnc(Nc3ccc(C(=O)N[C@H]4CC[C@H](N5CCN(CC6CC6)CC5)CC4)cc3OC)nc2N1C1CCCC1. The molecule has 12 heteroatoms. The number of hydrogen-bond donors (Lipinski definition) is 2. The van der Waals surface area contributed by atoms with Gasteiger partial charge in [-0.3, -0.25) is 14.3 Å². The summed E-state index contributed by atoms with van der Waals surface area (Å²) in [5, 5.41) is 16.5. The Morgan fingerprint density at radius 2 is 1.78 bits per heavy atom. The number of carbonyl (C=O) groups excluding carboxylic acids is 1. The molecule has 1 amide bonds. The van der Waals surface area contributed by atoms with Crippen LogP contribution in [0, 0.1) is 17.2 Å². The zero-order chi connectivity index (χ0) is 34.2. The molecule has 2 aromatic heterocycles. The molecule has 50 heavy (non-hydrogen) atoms. The molecule has 12 nitrogen and oxygen atoms in total. The van der Waals surface area contributed by atoms with E-state index in [-0.39, 0.29) is 18.0 Å². The summed E-state index contributed by atoms with van der Waals surface area (Å²) in [6.07, 6.45) is 16.1. The minimum atomic E-state index is -0.0669. The van der Waals surface area contributed by atoms with Crippen LogP contribution < -0.4 is 20.3 Å². The van der Waals surface area contributed by atoms with Crippen LogP contribution in [0.2, 0.25) is 0 Å². The zero-order valence-electron chi connectivity index (χ0n) is 29.5. The number of imidazole rings is 1. The van der Waals surface area contributed by atoms with E-state index >= 15 is 0 Å². The number of carbonyl (C=O) groups is 1. The lowest BCUT2D eigenvalue weighted by Crippen LogP contribution is -2.52. The molecule has 3 saturated carbocycles. The summed E-state index contributed by atoms with van der Waals surface area (Å²) in [5.41, 5.74) is 3.47.